The molecule has 0 unspecified atom stereocenters. The lowest BCUT2D eigenvalue weighted by atomic mass is 10.0. The molecular formula is C17H18F3N3O. The van der Waals surface area contributed by atoms with Gasteiger partial charge in [-0.15, -0.1) is 0 Å². The number of nitrogens with zero attached hydrogens (tertiary/aromatic N) is 3. The molecule has 0 aromatic carbocycles. The van der Waals surface area contributed by atoms with Crippen LogP contribution in [0.3, 0.4) is 0 Å². The first kappa shape index (κ1) is 17.9. The highest BCUT2D eigenvalue weighted by molar-refractivity contribution is 6.02. The molecule has 0 N–H and O–H groups in total. The normalized spacial score (nSPS) is 13.5. The summed E-state index contributed by atoms with van der Waals surface area (Å²) in [4.78, 5) is 8.12. The number of aryl methyl sites for hydroxylation is 2. The van der Waals surface area contributed by atoms with Gasteiger partial charge in [0.25, 0.3) is 0 Å². The molecule has 2 aromatic rings. The van der Waals surface area contributed by atoms with E-state index in [1.165, 1.54) is 14.0 Å². The maximum absolute atomic E-state index is 13.0. The molecule has 0 radical (unpaired) electrons. The molecule has 4 nitrogen and oxygen atoms in total. The third-order valence-corrected chi connectivity index (χ3v) is 3.66. The first-order valence-corrected chi connectivity index (χ1v) is 7.35. The molecule has 0 aliphatic rings. The SMILES string of the molecule is C/C=C(\C(Cc1ccc(-c2c(C)noc2C)nc1)=NC)C(F)(F)F. The summed E-state index contributed by atoms with van der Waals surface area (Å²) in [6, 6.07) is 3.49. The number of halogens is 3. The Morgan fingerprint density at radius 2 is 2.00 bits per heavy atom. The minimum absolute atomic E-state index is 0.0168. The Morgan fingerprint density at radius 3 is 2.42 bits per heavy atom. The number of pyridine rings is 1. The van der Waals surface area contributed by atoms with Crippen molar-refractivity contribution in [1.29, 1.82) is 0 Å². The molecule has 128 valence electrons. The van der Waals surface area contributed by atoms with E-state index in [4.69, 9.17) is 4.52 Å². The van der Waals surface area contributed by atoms with E-state index < -0.39 is 11.7 Å². The van der Waals surface area contributed by atoms with Gasteiger partial charge in [0.2, 0.25) is 0 Å². The van der Waals surface area contributed by atoms with E-state index in [0.29, 0.717) is 17.0 Å². The maximum Gasteiger partial charge on any atom is 0.417 e. The summed E-state index contributed by atoms with van der Waals surface area (Å²) in [6.45, 7) is 4.95. The van der Waals surface area contributed by atoms with Crippen molar-refractivity contribution in [3.63, 3.8) is 0 Å². The Balaban J connectivity index is 2.26. The molecule has 0 aliphatic carbocycles. The summed E-state index contributed by atoms with van der Waals surface area (Å²) < 4.78 is 44.2. The van der Waals surface area contributed by atoms with E-state index >= 15 is 0 Å². The van der Waals surface area contributed by atoms with E-state index in [9.17, 15) is 13.2 Å². The third kappa shape index (κ3) is 3.72. The minimum Gasteiger partial charge on any atom is -0.361 e. The van der Waals surface area contributed by atoms with Crippen LogP contribution in [0.1, 0.15) is 23.9 Å². The predicted molar refractivity (Wildman–Crippen MR) is 86.1 cm³/mol. The number of rotatable bonds is 4. The maximum atomic E-state index is 13.0. The van der Waals surface area contributed by atoms with Gasteiger partial charge in [-0.3, -0.25) is 9.98 Å². The van der Waals surface area contributed by atoms with E-state index in [1.807, 2.05) is 6.92 Å². The van der Waals surface area contributed by atoms with Crippen LogP contribution in [-0.2, 0) is 6.42 Å². The van der Waals surface area contributed by atoms with Gasteiger partial charge in [-0.05, 0) is 32.4 Å². The van der Waals surface area contributed by atoms with Crippen LogP contribution in [0.4, 0.5) is 13.2 Å². The first-order valence-electron chi connectivity index (χ1n) is 7.35. The molecule has 0 bridgehead atoms. The van der Waals surface area contributed by atoms with Crippen LogP contribution in [-0.4, -0.2) is 29.1 Å². The molecular weight excluding hydrogens is 319 g/mol. The van der Waals surface area contributed by atoms with E-state index in [1.54, 1.807) is 25.3 Å². The Bertz CT molecular complexity index is 752. The van der Waals surface area contributed by atoms with Gasteiger partial charge >= 0.3 is 6.18 Å². The highest BCUT2D eigenvalue weighted by atomic mass is 19.4. The molecule has 0 atom stereocenters. The summed E-state index contributed by atoms with van der Waals surface area (Å²) in [5, 5.41) is 3.87. The van der Waals surface area contributed by atoms with Crippen LogP contribution < -0.4 is 0 Å². The highest BCUT2D eigenvalue weighted by Gasteiger charge is 2.35. The number of hydrogen-bond acceptors (Lipinski definition) is 4. The van der Waals surface area contributed by atoms with E-state index in [2.05, 4.69) is 15.1 Å². The number of hydrogen-bond donors (Lipinski definition) is 0. The second-order valence-corrected chi connectivity index (χ2v) is 5.30. The quantitative estimate of drug-likeness (QED) is 0.773. The molecule has 2 rings (SSSR count). The van der Waals surface area contributed by atoms with Crippen LogP contribution >= 0.6 is 0 Å². The van der Waals surface area contributed by atoms with Gasteiger partial charge in [-0.25, -0.2) is 0 Å². The monoisotopic (exact) mass is 337 g/mol. The fourth-order valence-electron chi connectivity index (χ4n) is 2.51. The average Bonchev–Trinajstić information content (AvgIpc) is 2.85. The Morgan fingerprint density at radius 1 is 1.29 bits per heavy atom. The largest absolute Gasteiger partial charge is 0.417 e. The molecule has 2 aromatic heterocycles. The molecule has 0 amide bonds. The second kappa shape index (κ2) is 6.98. The van der Waals surface area contributed by atoms with Gasteiger partial charge in [0.05, 0.1) is 28.2 Å². The summed E-state index contributed by atoms with van der Waals surface area (Å²) in [7, 11) is 1.36. The van der Waals surface area contributed by atoms with Gasteiger partial charge in [-0.2, -0.15) is 13.2 Å². The van der Waals surface area contributed by atoms with Gasteiger partial charge in [0.15, 0.2) is 0 Å². The fourth-order valence-corrected chi connectivity index (χ4v) is 2.51. The molecule has 24 heavy (non-hydrogen) atoms. The van der Waals surface area contributed by atoms with Crippen LogP contribution in [0.5, 0.6) is 0 Å². The van der Waals surface area contributed by atoms with Gasteiger partial charge in [-0.1, -0.05) is 17.3 Å². The predicted octanol–water partition coefficient (Wildman–Crippen LogP) is 4.48. The van der Waals surface area contributed by atoms with Crippen molar-refractivity contribution >= 4 is 5.71 Å². The number of aliphatic imine (C=N–C) groups is 1. The second-order valence-electron chi connectivity index (χ2n) is 5.30. The van der Waals surface area contributed by atoms with E-state index in [0.717, 1.165) is 17.3 Å². The zero-order valence-corrected chi connectivity index (χ0v) is 13.9. The average molecular weight is 337 g/mol. The molecule has 0 saturated heterocycles. The minimum atomic E-state index is -4.42. The van der Waals surface area contributed by atoms with Crippen molar-refractivity contribution in [3.05, 3.63) is 47.0 Å². The summed E-state index contributed by atoms with van der Waals surface area (Å²) in [5.74, 6) is 0.650. The Kier molecular flexibility index (Phi) is 5.21. The van der Waals surface area contributed by atoms with Crippen molar-refractivity contribution < 1.29 is 17.7 Å². The zero-order chi connectivity index (χ0) is 17.9. The van der Waals surface area contributed by atoms with Crippen LogP contribution in [0.15, 0.2) is 39.5 Å². The lowest BCUT2D eigenvalue weighted by Crippen LogP contribution is -2.21. The zero-order valence-electron chi connectivity index (χ0n) is 13.9. The third-order valence-electron chi connectivity index (χ3n) is 3.66. The van der Waals surface area contributed by atoms with Crippen LogP contribution in [0.25, 0.3) is 11.3 Å². The summed E-state index contributed by atoms with van der Waals surface area (Å²) >= 11 is 0. The lowest BCUT2D eigenvalue weighted by Gasteiger charge is -2.14. The molecule has 2 heterocycles. The number of alkyl halides is 3. The first-order chi connectivity index (χ1) is 11.3. The number of aromatic nitrogens is 2. The van der Waals surface area contributed by atoms with Crippen molar-refractivity contribution in [2.75, 3.05) is 7.05 Å². The summed E-state index contributed by atoms with van der Waals surface area (Å²) in [5.41, 5.74) is 2.10. The van der Waals surface area contributed by atoms with Crippen molar-refractivity contribution in [2.45, 2.75) is 33.4 Å². The van der Waals surface area contributed by atoms with Gasteiger partial charge in [0.1, 0.15) is 5.76 Å². The standard InChI is InChI=1S/C17H18F3N3O/c1-5-13(17(18,19)20)15(21-4)8-12-6-7-14(22-9-12)16-10(2)23-24-11(16)3/h5-7,9H,8H2,1-4H3/b13-5+,21-15?. The molecule has 0 fully saturated rings. The molecule has 0 aliphatic heterocycles. The van der Waals surface area contributed by atoms with Crippen LogP contribution in [0, 0.1) is 13.8 Å². The molecule has 0 saturated carbocycles. The van der Waals surface area contributed by atoms with Gasteiger partial charge < -0.3 is 4.52 Å². The number of allylic oxidation sites excluding steroid dienone is 2. The Hall–Kier alpha value is -2.44. The lowest BCUT2D eigenvalue weighted by molar-refractivity contribution is -0.0863. The highest BCUT2D eigenvalue weighted by Crippen LogP contribution is 2.28. The van der Waals surface area contributed by atoms with Crippen molar-refractivity contribution in [1.82, 2.24) is 10.1 Å². The van der Waals surface area contributed by atoms with Crippen LogP contribution in [0.2, 0.25) is 0 Å². The smallest absolute Gasteiger partial charge is 0.361 e. The molecule has 7 heteroatoms. The Labute approximate surface area is 138 Å². The van der Waals surface area contributed by atoms with Crippen molar-refractivity contribution in [3.8, 4) is 11.3 Å². The fraction of sp³-hybridized carbons (Fsp3) is 0.353. The van der Waals surface area contributed by atoms with E-state index in [-0.39, 0.29) is 12.1 Å². The van der Waals surface area contributed by atoms with Gasteiger partial charge in [0, 0.05) is 19.7 Å². The van der Waals surface area contributed by atoms with Crippen molar-refractivity contribution in [2.24, 2.45) is 4.99 Å². The topological polar surface area (TPSA) is 51.3 Å². The molecule has 0 spiro atoms. The summed E-state index contributed by atoms with van der Waals surface area (Å²) in [6.07, 6.45) is -1.78.